The first-order valence-corrected chi connectivity index (χ1v) is 7.69. The molecule has 0 aliphatic carbocycles. The van der Waals surface area contributed by atoms with Crippen LogP contribution in [-0.4, -0.2) is 51.8 Å². The minimum atomic E-state index is -3.72. The van der Waals surface area contributed by atoms with E-state index in [1.54, 1.807) is 6.92 Å². The van der Waals surface area contributed by atoms with E-state index in [9.17, 15) is 18.0 Å². The number of furan rings is 1. The molecular formula is C12H18N2O6S. The lowest BCUT2D eigenvalue weighted by Crippen LogP contribution is -2.26. The third-order valence-electron chi connectivity index (χ3n) is 2.46. The Hall–Kier alpha value is -1.87. The summed E-state index contributed by atoms with van der Waals surface area (Å²) in [5, 5.41) is 2.12. The van der Waals surface area contributed by atoms with Gasteiger partial charge < -0.3 is 14.5 Å². The van der Waals surface area contributed by atoms with Gasteiger partial charge in [0.25, 0.3) is 15.9 Å². The molecule has 8 nitrogen and oxygen atoms in total. The summed E-state index contributed by atoms with van der Waals surface area (Å²) in [4.78, 5) is 22.8. The zero-order valence-corrected chi connectivity index (χ0v) is 12.9. The van der Waals surface area contributed by atoms with E-state index in [2.05, 4.69) is 5.32 Å². The molecule has 0 radical (unpaired) electrons. The first-order valence-electron chi connectivity index (χ1n) is 6.25. The maximum atomic E-state index is 11.8. The van der Waals surface area contributed by atoms with Crippen molar-refractivity contribution in [3.63, 3.8) is 0 Å². The van der Waals surface area contributed by atoms with Crippen LogP contribution in [0.3, 0.4) is 0 Å². The van der Waals surface area contributed by atoms with Crippen molar-refractivity contribution < 1.29 is 27.2 Å². The summed E-state index contributed by atoms with van der Waals surface area (Å²) >= 11 is 0. The van der Waals surface area contributed by atoms with Gasteiger partial charge in [-0.3, -0.25) is 9.59 Å². The Kier molecular flexibility index (Phi) is 5.91. The summed E-state index contributed by atoms with van der Waals surface area (Å²) in [5.74, 6) is -1.16. The Morgan fingerprint density at radius 3 is 2.57 bits per heavy atom. The molecule has 1 amide bonds. The summed E-state index contributed by atoms with van der Waals surface area (Å²) in [6.07, 6.45) is 0.0309. The first-order chi connectivity index (χ1) is 9.78. The van der Waals surface area contributed by atoms with Gasteiger partial charge in [-0.1, -0.05) is 0 Å². The van der Waals surface area contributed by atoms with Gasteiger partial charge in [-0.15, -0.1) is 0 Å². The van der Waals surface area contributed by atoms with Crippen LogP contribution in [0.4, 0.5) is 0 Å². The number of rotatable bonds is 7. The van der Waals surface area contributed by atoms with Crippen molar-refractivity contribution in [2.75, 3.05) is 27.2 Å². The van der Waals surface area contributed by atoms with Gasteiger partial charge in [0.1, 0.15) is 0 Å². The fourth-order valence-electron chi connectivity index (χ4n) is 1.36. The Labute approximate surface area is 123 Å². The van der Waals surface area contributed by atoms with Crippen molar-refractivity contribution in [1.82, 2.24) is 9.62 Å². The molecule has 0 bridgehead atoms. The van der Waals surface area contributed by atoms with Gasteiger partial charge in [-0.25, -0.2) is 12.7 Å². The highest BCUT2D eigenvalue weighted by Crippen LogP contribution is 2.16. The number of sulfonamides is 1. The van der Waals surface area contributed by atoms with E-state index < -0.39 is 21.9 Å². The van der Waals surface area contributed by atoms with Crippen LogP contribution in [-0.2, 0) is 19.6 Å². The third-order valence-corrected chi connectivity index (χ3v) is 4.15. The maximum absolute atomic E-state index is 11.8. The van der Waals surface area contributed by atoms with Crippen LogP contribution in [0.15, 0.2) is 21.6 Å². The zero-order valence-electron chi connectivity index (χ0n) is 12.1. The van der Waals surface area contributed by atoms with E-state index in [0.717, 1.165) is 4.31 Å². The van der Waals surface area contributed by atoms with E-state index in [4.69, 9.17) is 9.15 Å². The van der Waals surface area contributed by atoms with Gasteiger partial charge in [0.2, 0.25) is 5.09 Å². The Morgan fingerprint density at radius 1 is 1.33 bits per heavy atom. The SMILES string of the molecule is CCOC(=O)CCNC(=O)c1ccc(S(=O)(=O)N(C)C)o1. The molecule has 1 rings (SSSR count). The van der Waals surface area contributed by atoms with Crippen molar-refractivity contribution in [1.29, 1.82) is 0 Å². The topological polar surface area (TPSA) is 106 Å². The average molecular weight is 318 g/mol. The Morgan fingerprint density at radius 2 is 2.00 bits per heavy atom. The van der Waals surface area contributed by atoms with Gasteiger partial charge >= 0.3 is 5.97 Å². The minimum Gasteiger partial charge on any atom is -0.466 e. The van der Waals surface area contributed by atoms with Crippen molar-refractivity contribution in [3.05, 3.63) is 17.9 Å². The summed E-state index contributed by atoms with van der Waals surface area (Å²) in [6, 6.07) is 2.46. The lowest BCUT2D eigenvalue weighted by atomic mass is 10.4. The number of hydrogen-bond donors (Lipinski definition) is 1. The quantitative estimate of drug-likeness (QED) is 0.721. The lowest BCUT2D eigenvalue weighted by Gasteiger charge is -2.07. The molecular weight excluding hydrogens is 300 g/mol. The first kappa shape index (κ1) is 17.2. The number of nitrogens with zero attached hydrogens (tertiary/aromatic N) is 1. The van der Waals surface area contributed by atoms with Crippen molar-refractivity contribution in [3.8, 4) is 0 Å². The minimum absolute atomic E-state index is 0.0309. The van der Waals surface area contributed by atoms with Crippen LogP contribution < -0.4 is 5.32 Å². The van der Waals surface area contributed by atoms with Crippen molar-refractivity contribution >= 4 is 21.9 Å². The average Bonchev–Trinajstić information content (AvgIpc) is 2.88. The number of hydrogen-bond acceptors (Lipinski definition) is 6. The number of nitrogens with one attached hydrogen (secondary N) is 1. The fourth-order valence-corrected chi connectivity index (χ4v) is 2.15. The monoisotopic (exact) mass is 318 g/mol. The second kappa shape index (κ2) is 7.23. The highest BCUT2D eigenvalue weighted by molar-refractivity contribution is 7.88. The summed E-state index contributed by atoms with van der Waals surface area (Å²) < 4.78 is 34.3. The van der Waals surface area contributed by atoms with Gasteiger partial charge in [-0.2, -0.15) is 0 Å². The molecule has 0 saturated heterocycles. The smallest absolute Gasteiger partial charge is 0.307 e. The summed E-state index contributed by atoms with van der Waals surface area (Å²) in [5.41, 5.74) is 0. The predicted octanol–water partition coefficient (Wildman–Crippen LogP) is 0.213. The third kappa shape index (κ3) is 4.57. The number of carbonyl (C=O) groups is 2. The molecule has 0 fully saturated rings. The van der Waals surface area contributed by atoms with E-state index in [1.807, 2.05) is 0 Å². The molecule has 9 heteroatoms. The van der Waals surface area contributed by atoms with Crippen LogP contribution in [0.25, 0.3) is 0 Å². The van der Waals surface area contributed by atoms with Crippen LogP contribution in [0.2, 0.25) is 0 Å². The maximum Gasteiger partial charge on any atom is 0.307 e. The molecule has 118 valence electrons. The lowest BCUT2D eigenvalue weighted by molar-refractivity contribution is -0.142. The van der Waals surface area contributed by atoms with E-state index >= 15 is 0 Å². The number of ether oxygens (including phenoxy) is 1. The molecule has 0 aliphatic rings. The summed E-state index contributed by atoms with van der Waals surface area (Å²) in [6.45, 7) is 2.04. The van der Waals surface area contributed by atoms with Crippen LogP contribution >= 0.6 is 0 Å². The van der Waals surface area contributed by atoms with Gasteiger partial charge in [0.15, 0.2) is 5.76 Å². The molecule has 1 heterocycles. The highest BCUT2D eigenvalue weighted by Gasteiger charge is 2.23. The van der Waals surface area contributed by atoms with Crippen LogP contribution in [0.5, 0.6) is 0 Å². The molecule has 0 aromatic carbocycles. The van der Waals surface area contributed by atoms with Gasteiger partial charge in [-0.05, 0) is 19.1 Å². The number of esters is 1. The van der Waals surface area contributed by atoms with Crippen molar-refractivity contribution in [2.45, 2.75) is 18.4 Å². The van der Waals surface area contributed by atoms with Crippen LogP contribution in [0, 0.1) is 0 Å². The summed E-state index contributed by atoms with van der Waals surface area (Å²) in [7, 11) is -1.00. The molecule has 0 saturated carbocycles. The van der Waals surface area contributed by atoms with E-state index in [1.165, 1.54) is 26.2 Å². The van der Waals surface area contributed by atoms with Gasteiger partial charge in [0.05, 0.1) is 13.0 Å². The molecule has 0 spiro atoms. The molecule has 0 aliphatic heterocycles. The fraction of sp³-hybridized carbons (Fsp3) is 0.500. The van der Waals surface area contributed by atoms with Gasteiger partial charge in [0, 0.05) is 20.6 Å². The largest absolute Gasteiger partial charge is 0.466 e. The Bertz CT molecular complexity index is 605. The van der Waals surface area contributed by atoms with Crippen molar-refractivity contribution in [2.24, 2.45) is 0 Å². The number of carbonyl (C=O) groups excluding carboxylic acids is 2. The second-order valence-electron chi connectivity index (χ2n) is 4.22. The molecule has 1 N–H and O–H groups in total. The van der Waals surface area contributed by atoms with E-state index in [-0.39, 0.29) is 30.4 Å². The molecule has 0 atom stereocenters. The van der Waals surface area contributed by atoms with E-state index in [0.29, 0.717) is 0 Å². The zero-order chi connectivity index (χ0) is 16.0. The highest BCUT2D eigenvalue weighted by atomic mass is 32.2. The predicted molar refractivity (Wildman–Crippen MR) is 73.2 cm³/mol. The second-order valence-corrected chi connectivity index (χ2v) is 6.30. The standard InChI is InChI=1S/C12H18N2O6S/c1-4-19-10(15)7-8-13-12(16)9-5-6-11(20-9)21(17,18)14(2)3/h5-6H,4,7-8H2,1-3H3,(H,13,16). The van der Waals surface area contributed by atoms with Crippen LogP contribution in [0.1, 0.15) is 23.9 Å². The molecule has 1 aromatic heterocycles. The molecule has 1 aromatic rings. The number of amides is 1. The normalized spacial score (nSPS) is 11.4. The molecule has 21 heavy (non-hydrogen) atoms. The Balaban J connectivity index is 2.61. The molecule has 0 unspecified atom stereocenters.